The quantitative estimate of drug-likeness (QED) is 0.725. The van der Waals surface area contributed by atoms with Crippen LogP contribution in [0, 0.1) is 10.9 Å². The summed E-state index contributed by atoms with van der Waals surface area (Å²) in [7, 11) is 0. The Morgan fingerprint density at radius 2 is 2.13 bits per heavy atom. The summed E-state index contributed by atoms with van der Waals surface area (Å²) in [6.45, 7) is 2.82. The molecule has 0 spiro atoms. The highest BCUT2D eigenvalue weighted by molar-refractivity contribution is 7.73. The Balaban J connectivity index is 2.38. The Bertz CT molecular complexity index is 527. The van der Waals surface area contributed by atoms with Crippen LogP contribution in [0.4, 0.5) is 0 Å². The average molecular weight is 256 g/mol. The van der Waals surface area contributed by atoms with Gasteiger partial charge in [-0.05, 0) is 30.8 Å². The molecule has 0 aliphatic heterocycles. The molecule has 1 heterocycles. The first-order valence-corrected chi connectivity index (χ1v) is 6.23. The molecule has 78 valence electrons. The van der Waals surface area contributed by atoms with E-state index in [1.807, 2.05) is 24.3 Å². The minimum atomic E-state index is 0.758. The van der Waals surface area contributed by atoms with Gasteiger partial charge in [0, 0.05) is 16.1 Å². The number of rotatable bonds is 2. The molecular weight excluding hydrogens is 246 g/mol. The summed E-state index contributed by atoms with van der Waals surface area (Å²) in [5.74, 6) is 0. The fourth-order valence-corrected chi connectivity index (χ4v) is 2.68. The highest BCUT2D eigenvalue weighted by atomic mass is 35.5. The zero-order valence-electron chi connectivity index (χ0n) is 8.24. The predicted molar refractivity (Wildman–Crippen MR) is 68.4 cm³/mol. The van der Waals surface area contributed by atoms with E-state index in [9.17, 15) is 0 Å². The normalized spacial score (nSPS) is 10.5. The Labute approximate surface area is 103 Å². The van der Waals surface area contributed by atoms with Gasteiger partial charge < -0.3 is 4.57 Å². The Morgan fingerprint density at radius 3 is 2.73 bits per heavy atom. The predicted octanol–water partition coefficient (Wildman–Crippen LogP) is 4.29. The van der Waals surface area contributed by atoms with Gasteiger partial charge in [0.05, 0.1) is 6.54 Å². The molecule has 1 aromatic carbocycles. The van der Waals surface area contributed by atoms with E-state index in [1.165, 1.54) is 5.69 Å². The van der Waals surface area contributed by atoms with E-state index in [1.54, 1.807) is 11.3 Å². The third-order valence-electron chi connectivity index (χ3n) is 2.26. The van der Waals surface area contributed by atoms with Crippen molar-refractivity contribution in [3.8, 4) is 0 Å². The van der Waals surface area contributed by atoms with Gasteiger partial charge in [-0.15, -0.1) is 11.3 Å². The van der Waals surface area contributed by atoms with E-state index >= 15 is 0 Å². The van der Waals surface area contributed by atoms with Gasteiger partial charge in [-0.3, -0.25) is 0 Å². The monoisotopic (exact) mass is 255 g/mol. The summed E-state index contributed by atoms with van der Waals surface area (Å²) in [4.78, 5) is 0. The molecule has 0 amide bonds. The largest absolute Gasteiger partial charge is 0.323 e. The van der Waals surface area contributed by atoms with Crippen LogP contribution in [-0.4, -0.2) is 4.57 Å². The molecule has 15 heavy (non-hydrogen) atoms. The van der Waals surface area contributed by atoms with E-state index in [0.717, 1.165) is 21.1 Å². The minimum Gasteiger partial charge on any atom is -0.323 e. The van der Waals surface area contributed by atoms with Gasteiger partial charge in [-0.2, -0.15) is 0 Å². The van der Waals surface area contributed by atoms with Crippen LogP contribution in [0.5, 0.6) is 0 Å². The van der Waals surface area contributed by atoms with Gasteiger partial charge in [-0.25, -0.2) is 0 Å². The highest BCUT2D eigenvalue weighted by Gasteiger charge is 2.03. The number of benzene rings is 1. The van der Waals surface area contributed by atoms with Crippen LogP contribution < -0.4 is 0 Å². The third-order valence-corrected chi connectivity index (χ3v) is 4.02. The summed E-state index contributed by atoms with van der Waals surface area (Å²) in [5, 5.41) is 2.86. The summed E-state index contributed by atoms with van der Waals surface area (Å²) in [6, 6.07) is 7.86. The summed E-state index contributed by atoms with van der Waals surface area (Å²) >= 11 is 12.9. The SMILES string of the molecule is Cc1csc(=S)n1Cc1ccccc1Cl. The molecular formula is C11H10ClNS2. The molecule has 0 aliphatic rings. The van der Waals surface area contributed by atoms with Crippen LogP contribution in [0.25, 0.3) is 0 Å². The Morgan fingerprint density at radius 1 is 1.40 bits per heavy atom. The zero-order chi connectivity index (χ0) is 10.8. The second-order valence-electron chi connectivity index (χ2n) is 3.32. The molecule has 2 aromatic rings. The van der Waals surface area contributed by atoms with Crippen LogP contribution >= 0.6 is 35.2 Å². The van der Waals surface area contributed by atoms with Crippen molar-refractivity contribution in [3.05, 3.63) is 49.9 Å². The van der Waals surface area contributed by atoms with Gasteiger partial charge >= 0.3 is 0 Å². The van der Waals surface area contributed by atoms with Crippen LogP contribution in [-0.2, 0) is 6.54 Å². The van der Waals surface area contributed by atoms with Gasteiger partial charge in [0.25, 0.3) is 0 Å². The number of aromatic nitrogens is 1. The number of hydrogen-bond donors (Lipinski definition) is 0. The van der Waals surface area contributed by atoms with Gasteiger partial charge in [0.1, 0.15) is 0 Å². The van der Waals surface area contributed by atoms with Crippen molar-refractivity contribution in [2.45, 2.75) is 13.5 Å². The molecule has 0 atom stereocenters. The molecule has 1 nitrogen and oxygen atoms in total. The van der Waals surface area contributed by atoms with Crippen molar-refractivity contribution in [2.75, 3.05) is 0 Å². The molecule has 0 bridgehead atoms. The lowest BCUT2D eigenvalue weighted by atomic mass is 10.2. The first-order valence-electron chi connectivity index (χ1n) is 4.57. The van der Waals surface area contributed by atoms with Gasteiger partial charge in [0.15, 0.2) is 3.95 Å². The number of halogens is 1. The van der Waals surface area contributed by atoms with E-state index in [2.05, 4.69) is 16.9 Å². The van der Waals surface area contributed by atoms with E-state index in [0.29, 0.717) is 0 Å². The average Bonchev–Trinajstić information content (AvgIpc) is 2.53. The molecule has 0 saturated carbocycles. The lowest BCUT2D eigenvalue weighted by Gasteiger charge is -2.07. The van der Waals surface area contributed by atoms with Gasteiger partial charge in [-0.1, -0.05) is 29.8 Å². The van der Waals surface area contributed by atoms with Crippen molar-refractivity contribution in [3.63, 3.8) is 0 Å². The zero-order valence-corrected chi connectivity index (χ0v) is 10.6. The topological polar surface area (TPSA) is 4.93 Å². The van der Waals surface area contributed by atoms with Gasteiger partial charge in [0.2, 0.25) is 0 Å². The fourth-order valence-electron chi connectivity index (χ4n) is 1.39. The molecule has 0 radical (unpaired) electrons. The first kappa shape index (κ1) is 10.9. The van der Waals surface area contributed by atoms with Crippen molar-refractivity contribution >= 4 is 35.2 Å². The molecule has 2 rings (SSSR count). The number of aryl methyl sites for hydroxylation is 1. The van der Waals surface area contributed by atoms with Crippen LogP contribution in [0.1, 0.15) is 11.3 Å². The number of nitrogens with zero attached hydrogens (tertiary/aromatic N) is 1. The second-order valence-corrected chi connectivity index (χ2v) is 5.23. The van der Waals surface area contributed by atoms with Crippen molar-refractivity contribution in [1.82, 2.24) is 4.57 Å². The highest BCUT2D eigenvalue weighted by Crippen LogP contribution is 2.19. The lowest BCUT2D eigenvalue weighted by Crippen LogP contribution is -2.01. The first-order chi connectivity index (χ1) is 7.18. The summed E-state index contributed by atoms with van der Waals surface area (Å²) in [6.07, 6.45) is 0. The van der Waals surface area contributed by atoms with E-state index in [-0.39, 0.29) is 0 Å². The van der Waals surface area contributed by atoms with Crippen molar-refractivity contribution < 1.29 is 0 Å². The molecule has 0 fully saturated rings. The van der Waals surface area contributed by atoms with Crippen LogP contribution in [0.2, 0.25) is 5.02 Å². The number of thiazole rings is 1. The molecule has 0 saturated heterocycles. The maximum absolute atomic E-state index is 6.10. The van der Waals surface area contributed by atoms with Crippen molar-refractivity contribution in [2.24, 2.45) is 0 Å². The lowest BCUT2D eigenvalue weighted by molar-refractivity contribution is 0.770. The summed E-state index contributed by atoms with van der Waals surface area (Å²) < 4.78 is 2.99. The van der Waals surface area contributed by atoms with E-state index in [4.69, 9.17) is 23.8 Å². The third kappa shape index (κ3) is 2.30. The van der Waals surface area contributed by atoms with Crippen molar-refractivity contribution in [1.29, 1.82) is 0 Å². The Kier molecular flexibility index (Phi) is 3.24. The Hall–Kier alpha value is -0.640. The molecule has 1 aromatic heterocycles. The molecule has 0 N–H and O–H groups in total. The van der Waals surface area contributed by atoms with Crippen LogP contribution in [0.3, 0.4) is 0 Å². The standard InChI is InChI=1S/C11H10ClNS2/c1-8-7-15-11(14)13(8)6-9-4-2-3-5-10(9)12/h2-5,7H,6H2,1H3. The smallest absolute Gasteiger partial charge is 0.161 e. The molecule has 0 unspecified atom stereocenters. The molecule has 0 aliphatic carbocycles. The summed E-state index contributed by atoms with van der Waals surface area (Å²) in [5.41, 5.74) is 2.29. The fraction of sp³-hybridized carbons (Fsp3) is 0.182. The van der Waals surface area contributed by atoms with E-state index < -0.39 is 0 Å². The number of hydrogen-bond acceptors (Lipinski definition) is 2. The van der Waals surface area contributed by atoms with Crippen LogP contribution in [0.15, 0.2) is 29.6 Å². The maximum atomic E-state index is 6.10. The second kappa shape index (κ2) is 4.47. The molecule has 4 heteroatoms. The minimum absolute atomic E-state index is 0.758. The maximum Gasteiger partial charge on any atom is 0.161 e.